The number of nitrogens with one attached hydrogen (secondary N) is 1. The lowest BCUT2D eigenvalue weighted by Crippen LogP contribution is -2.45. The van der Waals surface area contributed by atoms with Crippen LogP contribution in [-0.2, 0) is 4.79 Å². The molecule has 2 aliphatic carbocycles. The van der Waals surface area contributed by atoms with Gasteiger partial charge in [0.1, 0.15) is 11.9 Å². The third-order valence-corrected chi connectivity index (χ3v) is 6.65. The number of halogens is 1. The van der Waals surface area contributed by atoms with E-state index in [1.165, 1.54) is 25.0 Å². The maximum absolute atomic E-state index is 13.1. The molecule has 148 valence electrons. The van der Waals surface area contributed by atoms with Gasteiger partial charge in [-0.3, -0.25) is 4.79 Å². The highest BCUT2D eigenvalue weighted by molar-refractivity contribution is 5.83. The molecule has 1 amide bonds. The fourth-order valence-electron chi connectivity index (χ4n) is 4.39. The highest BCUT2D eigenvalue weighted by atomic mass is 19.1. The summed E-state index contributed by atoms with van der Waals surface area (Å²) < 4.78 is 18.8. The van der Waals surface area contributed by atoms with E-state index in [1.54, 1.807) is 12.1 Å². The van der Waals surface area contributed by atoms with Crippen LogP contribution < -0.4 is 5.32 Å². The van der Waals surface area contributed by atoms with Crippen LogP contribution in [0, 0.1) is 11.2 Å². The molecule has 1 saturated heterocycles. The maximum atomic E-state index is 13.1. The average molecular weight is 384 g/mol. The van der Waals surface area contributed by atoms with Crippen molar-refractivity contribution in [1.29, 1.82) is 0 Å². The van der Waals surface area contributed by atoms with Gasteiger partial charge in [-0.1, -0.05) is 17.2 Å². The molecule has 0 bridgehead atoms. The minimum absolute atomic E-state index is 0.0888. The first-order valence-electron chi connectivity index (χ1n) is 10.2. The smallest absolute Gasteiger partial charge is 0.316 e. The number of piperidine rings is 1. The SMILES string of the molecule is C[C@H](Nc1nnc([C@H]2C[C@@H]2c2ccc(F)cc2)o1)C(=O)N1CCC2(CC1)CC2. The van der Waals surface area contributed by atoms with Gasteiger partial charge in [-0.05, 0) is 68.1 Å². The van der Waals surface area contributed by atoms with E-state index >= 15 is 0 Å². The van der Waals surface area contributed by atoms with Gasteiger partial charge in [0.25, 0.3) is 0 Å². The minimum atomic E-state index is -0.395. The summed E-state index contributed by atoms with van der Waals surface area (Å²) in [4.78, 5) is 14.6. The molecule has 2 saturated carbocycles. The van der Waals surface area contributed by atoms with E-state index < -0.39 is 6.04 Å². The zero-order chi connectivity index (χ0) is 19.3. The van der Waals surface area contributed by atoms with Gasteiger partial charge < -0.3 is 14.6 Å². The van der Waals surface area contributed by atoms with Crippen LogP contribution in [0.4, 0.5) is 10.4 Å². The molecular weight excluding hydrogens is 359 g/mol. The molecule has 5 rings (SSSR count). The number of carbonyl (C=O) groups is 1. The number of hydrogen-bond donors (Lipinski definition) is 1. The van der Waals surface area contributed by atoms with E-state index in [9.17, 15) is 9.18 Å². The van der Waals surface area contributed by atoms with E-state index in [4.69, 9.17) is 4.42 Å². The van der Waals surface area contributed by atoms with Crippen molar-refractivity contribution in [3.05, 3.63) is 41.5 Å². The van der Waals surface area contributed by atoms with Crippen molar-refractivity contribution in [2.45, 2.75) is 56.9 Å². The summed E-state index contributed by atoms with van der Waals surface area (Å²) in [5.41, 5.74) is 1.64. The molecule has 3 fully saturated rings. The Morgan fingerprint density at radius 2 is 1.89 bits per heavy atom. The van der Waals surface area contributed by atoms with Crippen molar-refractivity contribution in [3.63, 3.8) is 0 Å². The molecular formula is C21H25FN4O2. The summed E-state index contributed by atoms with van der Waals surface area (Å²) in [5, 5.41) is 11.3. The third kappa shape index (κ3) is 3.38. The Labute approximate surface area is 163 Å². The molecule has 2 heterocycles. The van der Waals surface area contributed by atoms with E-state index in [2.05, 4.69) is 15.5 Å². The summed E-state index contributed by atoms with van der Waals surface area (Å²) in [6, 6.07) is 6.46. The Bertz CT molecular complexity index is 867. The second-order valence-corrected chi connectivity index (χ2v) is 8.64. The molecule has 1 aliphatic heterocycles. The van der Waals surface area contributed by atoms with Gasteiger partial charge in [0.2, 0.25) is 11.8 Å². The maximum Gasteiger partial charge on any atom is 0.316 e. The van der Waals surface area contributed by atoms with Crippen molar-refractivity contribution in [1.82, 2.24) is 15.1 Å². The van der Waals surface area contributed by atoms with Gasteiger partial charge in [-0.2, -0.15) is 0 Å². The van der Waals surface area contributed by atoms with Gasteiger partial charge in [0, 0.05) is 19.0 Å². The number of carbonyl (C=O) groups excluding carboxylic acids is 1. The number of aromatic nitrogens is 2. The van der Waals surface area contributed by atoms with Crippen molar-refractivity contribution in [3.8, 4) is 0 Å². The summed E-state index contributed by atoms with van der Waals surface area (Å²) in [6.45, 7) is 3.54. The second kappa shape index (κ2) is 6.57. The third-order valence-electron chi connectivity index (χ3n) is 6.65. The van der Waals surface area contributed by atoms with Gasteiger partial charge >= 0.3 is 6.01 Å². The van der Waals surface area contributed by atoms with E-state index in [0.717, 1.165) is 37.9 Å². The summed E-state index contributed by atoms with van der Waals surface area (Å²) in [6.07, 6.45) is 5.82. The molecule has 6 nitrogen and oxygen atoms in total. The minimum Gasteiger partial charge on any atom is -0.408 e. The Morgan fingerprint density at radius 3 is 2.57 bits per heavy atom. The molecule has 1 N–H and O–H groups in total. The van der Waals surface area contributed by atoms with Crippen LogP contribution in [-0.4, -0.2) is 40.1 Å². The predicted octanol–water partition coefficient (Wildman–Crippen LogP) is 3.68. The lowest BCUT2D eigenvalue weighted by molar-refractivity contribution is -0.133. The highest BCUT2D eigenvalue weighted by Gasteiger charge is 2.46. The molecule has 7 heteroatoms. The zero-order valence-electron chi connectivity index (χ0n) is 16.0. The number of amides is 1. The lowest BCUT2D eigenvalue weighted by Gasteiger charge is -2.33. The topological polar surface area (TPSA) is 71.3 Å². The van der Waals surface area contributed by atoms with Crippen molar-refractivity contribution in [2.24, 2.45) is 5.41 Å². The monoisotopic (exact) mass is 384 g/mol. The van der Waals surface area contributed by atoms with Crippen LogP contribution in [0.15, 0.2) is 28.7 Å². The van der Waals surface area contributed by atoms with Crippen LogP contribution in [0.1, 0.15) is 62.3 Å². The van der Waals surface area contributed by atoms with Gasteiger partial charge in [0.05, 0.1) is 0 Å². The number of benzene rings is 1. The molecule has 1 aromatic heterocycles. The molecule has 28 heavy (non-hydrogen) atoms. The highest BCUT2D eigenvalue weighted by Crippen LogP contribution is 2.54. The first kappa shape index (κ1) is 17.6. The second-order valence-electron chi connectivity index (χ2n) is 8.64. The number of hydrogen-bond acceptors (Lipinski definition) is 5. The summed E-state index contributed by atoms with van der Waals surface area (Å²) in [7, 11) is 0. The standard InChI is InChI=1S/C21H25FN4O2/c1-13(19(27)26-10-8-21(6-7-21)9-11-26)23-20-25-24-18(28-20)17-12-16(17)14-2-4-15(22)5-3-14/h2-5,13,16-17H,6-12H2,1H3,(H,23,25)/t13-,16+,17-/m0/s1. The quantitative estimate of drug-likeness (QED) is 0.851. The Kier molecular flexibility index (Phi) is 4.14. The van der Waals surface area contributed by atoms with Crippen LogP contribution >= 0.6 is 0 Å². The van der Waals surface area contributed by atoms with E-state index in [1.807, 2.05) is 11.8 Å². The van der Waals surface area contributed by atoms with Gasteiger partial charge in [-0.15, -0.1) is 5.10 Å². The average Bonchev–Trinajstić information content (AvgIpc) is 3.61. The van der Waals surface area contributed by atoms with Crippen LogP contribution in [0.25, 0.3) is 0 Å². The molecule has 0 unspecified atom stereocenters. The molecule has 3 aliphatic rings. The zero-order valence-corrected chi connectivity index (χ0v) is 16.0. The first-order valence-corrected chi connectivity index (χ1v) is 10.2. The largest absolute Gasteiger partial charge is 0.408 e. The van der Waals surface area contributed by atoms with Gasteiger partial charge in [-0.25, -0.2) is 4.39 Å². The van der Waals surface area contributed by atoms with Crippen LogP contribution in [0.5, 0.6) is 0 Å². The van der Waals surface area contributed by atoms with Crippen molar-refractivity contribution in [2.75, 3.05) is 18.4 Å². The first-order chi connectivity index (χ1) is 13.5. The molecule has 2 aromatic rings. The van der Waals surface area contributed by atoms with Crippen LogP contribution in [0.2, 0.25) is 0 Å². The summed E-state index contributed by atoms with van der Waals surface area (Å²) >= 11 is 0. The Morgan fingerprint density at radius 1 is 1.18 bits per heavy atom. The molecule has 1 aromatic carbocycles. The molecule has 1 spiro atoms. The predicted molar refractivity (Wildman–Crippen MR) is 101 cm³/mol. The van der Waals surface area contributed by atoms with E-state index in [-0.39, 0.29) is 29.6 Å². The van der Waals surface area contributed by atoms with Crippen molar-refractivity contribution < 1.29 is 13.6 Å². The Balaban J connectivity index is 1.16. The fraction of sp³-hybridized carbons (Fsp3) is 0.571. The van der Waals surface area contributed by atoms with Gasteiger partial charge in [0.15, 0.2) is 0 Å². The number of nitrogens with zero attached hydrogens (tertiary/aromatic N) is 3. The van der Waals surface area contributed by atoms with E-state index in [0.29, 0.717) is 11.3 Å². The summed E-state index contributed by atoms with van der Waals surface area (Å²) in [5.74, 6) is 0.883. The van der Waals surface area contributed by atoms with Crippen molar-refractivity contribution >= 4 is 11.9 Å². The normalized spacial score (nSPS) is 26.1. The Hall–Kier alpha value is -2.44. The molecule has 3 atom stereocenters. The molecule has 0 radical (unpaired) electrons. The number of anilines is 1. The lowest BCUT2D eigenvalue weighted by atomic mass is 9.93. The van der Waals surface area contributed by atoms with Crippen LogP contribution in [0.3, 0.4) is 0 Å². The number of likely N-dealkylation sites (tertiary alicyclic amines) is 1. The number of rotatable bonds is 5. The fourth-order valence-corrected chi connectivity index (χ4v) is 4.39.